The minimum atomic E-state index is -0.167. The highest BCUT2D eigenvalue weighted by molar-refractivity contribution is 5.92. The number of piperidine rings is 1. The first-order chi connectivity index (χ1) is 13.2. The van der Waals surface area contributed by atoms with Crippen molar-refractivity contribution in [1.82, 2.24) is 20.2 Å². The maximum absolute atomic E-state index is 12.7. The molecule has 140 valence electrons. The Labute approximate surface area is 159 Å². The molecule has 2 fully saturated rings. The molecule has 1 saturated heterocycles. The maximum atomic E-state index is 12.7. The lowest BCUT2D eigenvalue weighted by molar-refractivity contribution is -0.134. The van der Waals surface area contributed by atoms with E-state index in [1.54, 1.807) is 12.3 Å². The van der Waals surface area contributed by atoms with E-state index in [9.17, 15) is 9.59 Å². The first kappa shape index (κ1) is 17.6. The average molecular weight is 364 g/mol. The third-order valence-electron chi connectivity index (χ3n) is 5.63. The number of benzene rings is 1. The minimum absolute atomic E-state index is 0.154. The zero-order chi connectivity index (χ0) is 18.6. The van der Waals surface area contributed by atoms with Gasteiger partial charge in [-0.15, -0.1) is 0 Å². The number of nitrogens with one attached hydrogen (secondary N) is 1. The van der Waals surface area contributed by atoms with Gasteiger partial charge in [-0.3, -0.25) is 9.59 Å². The molecule has 1 aliphatic carbocycles. The molecule has 0 radical (unpaired) electrons. The van der Waals surface area contributed by atoms with Crippen LogP contribution in [0.15, 0.2) is 48.9 Å². The summed E-state index contributed by atoms with van der Waals surface area (Å²) in [6.07, 6.45) is 5.76. The third-order valence-corrected chi connectivity index (χ3v) is 5.63. The van der Waals surface area contributed by atoms with Crippen LogP contribution in [0.5, 0.6) is 0 Å². The second-order valence-corrected chi connectivity index (χ2v) is 7.43. The number of aromatic nitrogens is 2. The number of hydrogen-bond donors (Lipinski definition) is 1. The van der Waals surface area contributed by atoms with Gasteiger partial charge in [0, 0.05) is 31.7 Å². The molecule has 27 heavy (non-hydrogen) atoms. The van der Waals surface area contributed by atoms with E-state index in [0.717, 1.165) is 32.4 Å². The molecular formula is C21H24N4O2. The molecular weight excluding hydrogens is 340 g/mol. The molecule has 2 amide bonds. The number of carbonyl (C=O) groups excluding carboxylic acids is 2. The Balaban J connectivity index is 1.21. The number of carbonyl (C=O) groups is 2. The Morgan fingerprint density at radius 3 is 2.59 bits per heavy atom. The third kappa shape index (κ3) is 4.15. The van der Waals surface area contributed by atoms with Gasteiger partial charge in [0.2, 0.25) is 5.91 Å². The van der Waals surface area contributed by atoms with Gasteiger partial charge in [-0.25, -0.2) is 9.97 Å². The lowest BCUT2D eigenvalue weighted by Gasteiger charge is -2.32. The zero-order valence-corrected chi connectivity index (χ0v) is 15.3. The van der Waals surface area contributed by atoms with Crippen molar-refractivity contribution in [3.05, 3.63) is 60.2 Å². The van der Waals surface area contributed by atoms with Crippen LogP contribution in [-0.4, -0.2) is 46.3 Å². The summed E-state index contributed by atoms with van der Waals surface area (Å²) in [5, 5.41) is 2.94. The van der Waals surface area contributed by atoms with Crippen molar-refractivity contribution in [3.8, 4) is 0 Å². The topological polar surface area (TPSA) is 75.2 Å². The Kier molecular flexibility index (Phi) is 5.14. The summed E-state index contributed by atoms with van der Waals surface area (Å²) >= 11 is 0. The van der Waals surface area contributed by atoms with Gasteiger partial charge in [0.05, 0.1) is 0 Å². The normalized spacial score (nSPS) is 22.3. The molecule has 2 atom stereocenters. The lowest BCUT2D eigenvalue weighted by Crippen LogP contribution is -2.42. The molecule has 4 rings (SSSR count). The van der Waals surface area contributed by atoms with Crippen LogP contribution in [0.1, 0.15) is 41.2 Å². The smallest absolute Gasteiger partial charge is 0.270 e. The van der Waals surface area contributed by atoms with Gasteiger partial charge in [0.1, 0.15) is 12.0 Å². The van der Waals surface area contributed by atoms with Crippen LogP contribution in [0.2, 0.25) is 0 Å². The zero-order valence-electron chi connectivity index (χ0n) is 15.3. The van der Waals surface area contributed by atoms with E-state index in [1.165, 1.54) is 11.9 Å². The van der Waals surface area contributed by atoms with Gasteiger partial charge in [0.15, 0.2) is 0 Å². The van der Waals surface area contributed by atoms with Crippen LogP contribution in [0.3, 0.4) is 0 Å². The molecule has 6 heteroatoms. The van der Waals surface area contributed by atoms with Crippen molar-refractivity contribution in [3.63, 3.8) is 0 Å². The molecule has 1 unspecified atom stereocenters. The summed E-state index contributed by atoms with van der Waals surface area (Å²) in [7, 11) is 0. The van der Waals surface area contributed by atoms with Crippen molar-refractivity contribution in [2.75, 3.05) is 19.6 Å². The molecule has 1 aliphatic heterocycles. The maximum Gasteiger partial charge on any atom is 0.270 e. The van der Waals surface area contributed by atoms with Crippen LogP contribution in [0, 0.1) is 11.8 Å². The predicted molar refractivity (Wildman–Crippen MR) is 101 cm³/mol. The molecule has 0 spiro atoms. The van der Waals surface area contributed by atoms with Crippen molar-refractivity contribution < 1.29 is 9.59 Å². The largest absolute Gasteiger partial charge is 0.350 e. The highest BCUT2D eigenvalue weighted by atomic mass is 16.2. The van der Waals surface area contributed by atoms with Crippen LogP contribution in [0.25, 0.3) is 0 Å². The first-order valence-electron chi connectivity index (χ1n) is 9.60. The predicted octanol–water partition coefficient (Wildman–Crippen LogP) is 2.25. The number of likely N-dealkylation sites (tertiary alicyclic amines) is 1. The second kappa shape index (κ2) is 7.86. The molecule has 0 bridgehead atoms. The molecule has 2 aliphatic rings. The number of amides is 2. The van der Waals surface area contributed by atoms with Crippen molar-refractivity contribution in [1.29, 1.82) is 0 Å². The highest BCUT2D eigenvalue weighted by Crippen LogP contribution is 2.48. The fourth-order valence-electron chi connectivity index (χ4n) is 3.88. The van der Waals surface area contributed by atoms with E-state index in [0.29, 0.717) is 30.0 Å². The molecule has 6 nitrogen and oxygen atoms in total. The van der Waals surface area contributed by atoms with Gasteiger partial charge in [-0.05, 0) is 42.7 Å². The first-order valence-corrected chi connectivity index (χ1v) is 9.60. The fourth-order valence-corrected chi connectivity index (χ4v) is 3.88. The van der Waals surface area contributed by atoms with Crippen LogP contribution in [-0.2, 0) is 4.79 Å². The Morgan fingerprint density at radius 1 is 1.11 bits per heavy atom. The van der Waals surface area contributed by atoms with Crippen molar-refractivity contribution >= 4 is 11.8 Å². The van der Waals surface area contributed by atoms with Gasteiger partial charge in [-0.2, -0.15) is 0 Å². The summed E-state index contributed by atoms with van der Waals surface area (Å²) in [6.45, 7) is 2.19. The average Bonchev–Trinajstić information content (AvgIpc) is 3.54. The van der Waals surface area contributed by atoms with Gasteiger partial charge >= 0.3 is 0 Å². The Hall–Kier alpha value is -2.76. The molecule has 2 aromatic rings. The van der Waals surface area contributed by atoms with E-state index in [2.05, 4.69) is 27.4 Å². The molecule has 1 saturated carbocycles. The summed E-state index contributed by atoms with van der Waals surface area (Å²) < 4.78 is 0. The standard InChI is InChI=1S/C21H24N4O2/c26-20(19-6-9-22-14-24-19)23-13-15-7-10-25(11-8-15)21(27)18-12-17(18)16-4-2-1-3-5-16/h1-6,9,14-15,17-18H,7-8,10-13H2,(H,23,26)/t17-,18?/m1/s1. The second-order valence-electron chi connectivity index (χ2n) is 7.43. The molecule has 1 aromatic heterocycles. The van der Waals surface area contributed by atoms with Crippen molar-refractivity contribution in [2.24, 2.45) is 11.8 Å². The Bertz CT molecular complexity index is 788. The van der Waals surface area contributed by atoms with E-state index in [-0.39, 0.29) is 11.8 Å². The molecule has 1 aromatic carbocycles. The van der Waals surface area contributed by atoms with Crippen LogP contribution in [0.4, 0.5) is 0 Å². The minimum Gasteiger partial charge on any atom is -0.350 e. The van der Waals surface area contributed by atoms with Crippen LogP contribution >= 0.6 is 0 Å². The van der Waals surface area contributed by atoms with E-state index in [4.69, 9.17) is 0 Å². The summed E-state index contributed by atoms with van der Waals surface area (Å²) in [5.41, 5.74) is 1.66. The van der Waals surface area contributed by atoms with Gasteiger partial charge in [-0.1, -0.05) is 30.3 Å². The van der Waals surface area contributed by atoms with E-state index >= 15 is 0 Å². The Morgan fingerprint density at radius 2 is 1.89 bits per heavy atom. The van der Waals surface area contributed by atoms with Crippen LogP contribution < -0.4 is 5.32 Å². The van der Waals surface area contributed by atoms with Crippen molar-refractivity contribution in [2.45, 2.75) is 25.2 Å². The number of nitrogens with zero attached hydrogens (tertiary/aromatic N) is 3. The number of hydrogen-bond acceptors (Lipinski definition) is 4. The fraction of sp³-hybridized carbons (Fsp3) is 0.429. The highest BCUT2D eigenvalue weighted by Gasteiger charge is 2.46. The number of rotatable bonds is 5. The van der Waals surface area contributed by atoms with E-state index in [1.807, 2.05) is 23.1 Å². The van der Waals surface area contributed by atoms with E-state index < -0.39 is 0 Å². The monoisotopic (exact) mass is 364 g/mol. The summed E-state index contributed by atoms with van der Waals surface area (Å²) in [4.78, 5) is 34.6. The molecule has 2 heterocycles. The van der Waals surface area contributed by atoms with Gasteiger partial charge < -0.3 is 10.2 Å². The summed E-state index contributed by atoms with van der Waals surface area (Å²) in [6, 6.07) is 11.9. The molecule has 1 N–H and O–H groups in total. The quantitative estimate of drug-likeness (QED) is 0.883. The lowest BCUT2D eigenvalue weighted by atomic mass is 9.96. The summed E-state index contributed by atoms with van der Waals surface area (Å²) in [5.74, 6) is 1.08. The van der Waals surface area contributed by atoms with Gasteiger partial charge in [0.25, 0.3) is 5.91 Å². The SMILES string of the molecule is O=C(NCC1CCN(C(=O)C2C[C@@H]2c2ccccc2)CC1)c1ccncn1.